The Kier molecular flexibility index (Phi) is 7.73. The Balaban J connectivity index is 4.71. The van der Waals surface area contributed by atoms with Gasteiger partial charge in [0.05, 0.1) is 12.4 Å². The first-order chi connectivity index (χ1) is 14.2. The van der Waals surface area contributed by atoms with Crippen LogP contribution in [0.1, 0.15) is 125 Å². The molecule has 0 N–H and O–H groups in total. The second-order valence-electron chi connectivity index (χ2n) is 16.2. The second-order valence-corrected chi connectivity index (χ2v) is 29.4. The lowest BCUT2D eigenvalue weighted by atomic mass is 10.2. The standard InChI is InChI=1S/C27H56N4Si2/c1-22(2,3)32(23(4,5)6,24(7,8)9)31(21-28-19-20-29-30-21)33(25(10,11)12,26(13,14)15)27(16,17)18/h19-20H,1-18H3. The monoisotopic (exact) mass is 492 g/mol. The van der Waals surface area contributed by atoms with Crippen molar-refractivity contribution in [1.29, 1.82) is 0 Å². The molecule has 1 rings (SSSR count). The van der Waals surface area contributed by atoms with Crippen LogP contribution in [-0.4, -0.2) is 31.7 Å². The molecule has 1 heterocycles. The Bertz CT molecular complexity index is 671. The molecular formula is C27H56N4Si2. The average Bonchev–Trinajstić information content (AvgIpc) is 2.47. The van der Waals surface area contributed by atoms with Crippen LogP contribution >= 0.6 is 0 Å². The normalized spacial score (nSPS) is 15.6. The lowest BCUT2D eigenvalue weighted by molar-refractivity contribution is 0.494. The molecule has 0 aromatic carbocycles. The Morgan fingerprint density at radius 1 is 0.485 bits per heavy atom. The lowest BCUT2D eigenvalue weighted by Crippen LogP contribution is -2.84. The number of anilines is 1. The molecule has 1 aromatic rings. The van der Waals surface area contributed by atoms with Crippen molar-refractivity contribution >= 4 is 22.4 Å². The predicted molar refractivity (Wildman–Crippen MR) is 152 cm³/mol. The molecule has 6 heteroatoms. The van der Waals surface area contributed by atoms with Gasteiger partial charge in [-0.2, -0.15) is 5.10 Å². The van der Waals surface area contributed by atoms with Gasteiger partial charge in [0.15, 0.2) is 16.5 Å². The summed E-state index contributed by atoms with van der Waals surface area (Å²) in [4.78, 5) is 5.01. The van der Waals surface area contributed by atoms with E-state index >= 15 is 0 Å². The van der Waals surface area contributed by atoms with Crippen molar-refractivity contribution < 1.29 is 0 Å². The van der Waals surface area contributed by atoms with Gasteiger partial charge < -0.3 is 4.23 Å². The van der Waals surface area contributed by atoms with Gasteiger partial charge in [-0.1, -0.05) is 125 Å². The number of hydrogen-bond acceptors (Lipinski definition) is 4. The van der Waals surface area contributed by atoms with Crippen molar-refractivity contribution in [1.82, 2.24) is 15.2 Å². The summed E-state index contributed by atoms with van der Waals surface area (Å²) in [5.41, 5.74) is 0. The molecule has 0 spiro atoms. The topological polar surface area (TPSA) is 41.9 Å². The van der Waals surface area contributed by atoms with Gasteiger partial charge in [0.2, 0.25) is 5.95 Å². The maximum atomic E-state index is 5.01. The van der Waals surface area contributed by atoms with Crippen molar-refractivity contribution in [3.05, 3.63) is 12.4 Å². The summed E-state index contributed by atoms with van der Waals surface area (Å²) >= 11 is 0. The van der Waals surface area contributed by atoms with Crippen molar-refractivity contribution in [2.75, 3.05) is 4.23 Å². The molecule has 0 aliphatic heterocycles. The van der Waals surface area contributed by atoms with Crippen molar-refractivity contribution in [2.24, 2.45) is 0 Å². The highest BCUT2D eigenvalue weighted by atomic mass is 28.4. The van der Waals surface area contributed by atoms with E-state index in [0.29, 0.717) is 0 Å². The Morgan fingerprint density at radius 2 is 0.758 bits per heavy atom. The minimum absolute atomic E-state index is 0.0582. The molecule has 0 fully saturated rings. The van der Waals surface area contributed by atoms with E-state index in [2.05, 4.69) is 134 Å². The molecule has 0 amide bonds. The highest BCUT2D eigenvalue weighted by molar-refractivity contribution is 7.08. The van der Waals surface area contributed by atoms with E-state index in [1.807, 2.05) is 6.20 Å². The van der Waals surface area contributed by atoms with E-state index < -0.39 is 16.5 Å². The van der Waals surface area contributed by atoms with E-state index in [1.54, 1.807) is 6.20 Å². The highest BCUT2D eigenvalue weighted by Gasteiger charge is 2.74. The largest absolute Gasteiger partial charge is 0.389 e. The van der Waals surface area contributed by atoms with Crippen molar-refractivity contribution in [2.45, 2.75) is 155 Å². The van der Waals surface area contributed by atoms with Crippen LogP contribution in [0, 0.1) is 0 Å². The Morgan fingerprint density at radius 3 is 0.939 bits per heavy atom. The van der Waals surface area contributed by atoms with Gasteiger partial charge in [-0.05, 0) is 30.2 Å². The van der Waals surface area contributed by atoms with Crippen LogP contribution in [-0.2, 0) is 0 Å². The third kappa shape index (κ3) is 4.48. The van der Waals surface area contributed by atoms with Crippen LogP contribution in [0.15, 0.2) is 12.4 Å². The van der Waals surface area contributed by atoms with Gasteiger partial charge in [-0.3, -0.25) is 0 Å². The molecule has 33 heavy (non-hydrogen) atoms. The fourth-order valence-electron chi connectivity index (χ4n) is 9.66. The molecule has 4 nitrogen and oxygen atoms in total. The molecule has 0 saturated heterocycles. The molecule has 0 saturated carbocycles. The van der Waals surface area contributed by atoms with E-state index in [4.69, 9.17) is 10.1 Å². The van der Waals surface area contributed by atoms with Crippen LogP contribution < -0.4 is 4.23 Å². The predicted octanol–water partition coefficient (Wildman–Crippen LogP) is 9.37. The molecule has 0 bridgehead atoms. The summed E-state index contributed by atoms with van der Waals surface area (Å²) < 4.78 is 2.95. The number of nitrogens with zero attached hydrogens (tertiary/aromatic N) is 4. The number of hydrogen-bond donors (Lipinski definition) is 0. The third-order valence-electron chi connectivity index (χ3n) is 7.85. The summed E-state index contributed by atoms with van der Waals surface area (Å²) in [7, 11) is -5.01. The highest BCUT2D eigenvalue weighted by Crippen LogP contribution is 2.72. The zero-order valence-electron chi connectivity index (χ0n) is 25.4. The van der Waals surface area contributed by atoms with Gasteiger partial charge >= 0.3 is 0 Å². The Labute approximate surface area is 208 Å². The van der Waals surface area contributed by atoms with Gasteiger partial charge in [-0.15, -0.1) is 5.10 Å². The van der Waals surface area contributed by atoms with Crippen LogP contribution in [0.4, 0.5) is 5.95 Å². The summed E-state index contributed by atoms with van der Waals surface area (Å²) in [6.07, 6.45) is 3.56. The summed E-state index contributed by atoms with van der Waals surface area (Å²) in [5.74, 6) is 0.843. The van der Waals surface area contributed by atoms with Gasteiger partial charge in [0.1, 0.15) is 0 Å². The van der Waals surface area contributed by atoms with Gasteiger partial charge in [-0.25, -0.2) is 4.98 Å². The molecule has 0 atom stereocenters. The maximum absolute atomic E-state index is 5.01. The van der Waals surface area contributed by atoms with E-state index in [-0.39, 0.29) is 30.2 Å². The van der Waals surface area contributed by atoms with Crippen molar-refractivity contribution in [3.63, 3.8) is 0 Å². The van der Waals surface area contributed by atoms with Crippen LogP contribution in [0.2, 0.25) is 30.2 Å². The molecule has 0 radical (unpaired) electrons. The van der Waals surface area contributed by atoms with E-state index in [1.165, 1.54) is 0 Å². The first-order valence-corrected chi connectivity index (χ1v) is 16.6. The maximum Gasteiger partial charge on any atom is 0.229 e. The zero-order chi connectivity index (χ0) is 26.7. The van der Waals surface area contributed by atoms with Gasteiger partial charge in [0, 0.05) is 0 Å². The summed E-state index contributed by atoms with van der Waals surface area (Å²) in [6.45, 7) is 44.6. The molecule has 1 aromatic heterocycles. The first-order valence-electron chi connectivity index (χ1n) is 12.7. The first kappa shape index (κ1) is 30.3. The molecule has 0 aliphatic rings. The minimum Gasteiger partial charge on any atom is -0.389 e. The zero-order valence-corrected chi connectivity index (χ0v) is 27.4. The fraction of sp³-hybridized carbons (Fsp3) is 0.889. The Hall–Kier alpha value is -0.756. The minimum atomic E-state index is -2.51. The quantitative estimate of drug-likeness (QED) is 0.394. The van der Waals surface area contributed by atoms with Crippen LogP contribution in [0.25, 0.3) is 0 Å². The molecular weight excluding hydrogens is 436 g/mol. The molecule has 192 valence electrons. The van der Waals surface area contributed by atoms with Crippen LogP contribution in [0.3, 0.4) is 0 Å². The van der Waals surface area contributed by atoms with Gasteiger partial charge in [0.25, 0.3) is 0 Å². The second kappa shape index (κ2) is 8.42. The smallest absolute Gasteiger partial charge is 0.229 e. The molecule has 0 unspecified atom stereocenters. The van der Waals surface area contributed by atoms with E-state index in [0.717, 1.165) is 5.95 Å². The summed E-state index contributed by atoms with van der Waals surface area (Å²) in [5, 5.41) is 9.59. The van der Waals surface area contributed by atoms with Crippen LogP contribution in [0.5, 0.6) is 0 Å². The molecule has 0 aliphatic carbocycles. The fourth-order valence-corrected chi connectivity index (χ4v) is 36.0. The van der Waals surface area contributed by atoms with E-state index in [9.17, 15) is 0 Å². The third-order valence-corrected chi connectivity index (χ3v) is 24.6. The summed E-state index contributed by atoms with van der Waals surface area (Å²) in [6, 6.07) is 0. The van der Waals surface area contributed by atoms with Crippen molar-refractivity contribution in [3.8, 4) is 0 Å². The SMILES string of the molecule is CC(C)(C)[Si](N(c1nccnn1)[Si](C(C)(C)C)(C(C)(C)C)C(C)(C)C)(C(C)(C)C)C(C)(C)C. The lowest BCUT2D eigenvalue weighted by Gasteiger charge is -2.74. The number of rotatable bonds is 3. The number of aromatic nitrogens is 3. The average molecular weight is 493 g/mol.